The topological polar surface area (TPSA) is 24.5 Å². The first-order chi connectivity index (χ1) is 9.17. The molecule has 0 spiro atoms. The lowest BCUT2D eigenvalue weighted by molar-refractivity contribution is -0.0253. The summed E-state index contributed by atoms with van der Waals surface area (Å²) in [6.07, 6.45) is 0.267. The first-order valence-corrected chi connectivity index (χ1v) is 7.42. The van der Waals surface area contributed by atoms with Gasteiger partial charge in [-0.15, -0.1) is 0 Å². The van der Waals surface area contributed by atoms with E-state index in [4.69, 9.17) is 27.9 Å². The van der Waals surface area contributed by atoms with Crippen molar-refractivity contribution >= 4 is 23.2 Å². The van der Waals surface area contributed by atoms with Crippen LogP contribution in [-0.2, 0) is 11.3 Å². The number of nitrogens with one attached hydrogen (secondary N) is 1. The molecule has 1 N–H and O–H groups in total. The zero-order valence-corrected chi connectivity index (χ0v) is 12.7. The second kappa shape index (κ2) is 7.46. The number of nitrogens with zero attached hydrogens (tertiary/aromatic N) is 1. The molecule has 1 aliphatic rings. The summed E-state index contributed by atoms with van der Waals surface area (Å²) < 4.78 is 5.74. The van der Waals surface area contributed by atoms with Crippen molar-refractivity contribution in [1.82, 2.24) is 10.2 Å². The molecule has 1 atom stereocenters. The fraction of sp³-hybridized carbons (Fsp3) is 0.571. The van der Waals surface area contributed by atoms with Gasteiger partial charge in [0.15, 0.2) is 0 Å². The van der Waals surface area contributed by atoms with Gasteiger partial charge in [0.25, 0.3) is 0 Å². The number of halogens is 2. The Morgan fingerprint density at radius 3 is 2.74 bits per heavy atom. The van der Waals surface area contributed by atoms with E-state index < -0.39 is 0 Å². The van der Waals surface area contributed by atoms with Gasteiger partial charge in [0, 0.05) is 36.2 Å². The molecule has 0 amide bonds. The van der Waals surface area contributed by atoms with E-state index in [9.17, 15) is 0 Å². The molecule has 1 heterocycles. The molecule has 1 unspecified atom stereocenters. The molecule has 1 aromatic rings. The van der Waals surface area contributed by atoms with Crippen LogP contribution in [0.5, 0.6) is 0 Å². The van der Waals surface area contributed by atoms with E-state index in [1.165, 1.54) is 0 Å². The molecule has 106 valence electrons. The van der Waals surface area contributed by atoms with E-state index in [1.54, 1.807) is 6.07 Å². The Morgan fingerprint density at radius 2 is 2.05 bits per heavy atom. The smallest absolute Gasteiger partial charge is 0.0826 e. The number of rotatable bonds is 5. The standard InChI is InChI=1S/C14H20Cl2N2O/c1-2-18-3-4-19-14(10-18)9-17-8-11-5-12(15)7-13(16)6-11/h5-7,14,17H,2-4,8-10H2,1H3. The molecular weight excluding hydrogens is 283 g/mol. The van der Waals surface area contributed by atoms with Gasteiger partial charge in [-0.2, -0.15) is 0 Å². The van der Waals surface area contributed by atoms with E-state index in [-0.39, 0.29) is 6.10 Å². The van der Waals surface area contributed by atoms with Crippen molar-refractivity contribution in [1.29, 1.82) is 0 Å². The van der Waals surface area contributed by atoms with Gasteiger partial charge in [-0.05, 0) is 30.3 Å². The van der Waals surface area contributed by atoms with Crippen molar-refractivity contribution in [3.8, 4) is 0 Å². The SMILES string of the molecule is CCN1CCOC(CNCc2cc(Cl)cc(Cl)c2)C1. The minimum absolute atomic E-state index is 0.267. The third-order valence-corrected chi connectivity index (χ3v) is 3.73. The first-order valence-electron chi connectivity index (χ1n) is 6.67. The molecule has 2 rings (SSSR count). The van der Waals surface area contributed by atoms with Crippen molar-refractivity contribution in [2.45, 2.75) is 19.6 Å². The van der Waals surface area contributed by atoms with E-state index in [0.717, 1.165) is 44.9 Å². The second-order valence-corrected chi connectivity index (χ2v) is 5.67. The van der Waals surface area contributed by atoms with Gasteiger partial charge in [0.2, 0.25) is 0 Å². The lowest BCUT2D eigenvalue weighted by atomic mass is 10.2. The van der Waals surface area contributed by atoms with Gasteiger partial charge >= 0.3 is 0 Å². The van der Waals surface area contributed by atoms with Crippen LogP contribution >= 0.6 is 23.2 Å². The van der Waals surface area contributed by atoms with Gasteiger partial charge in [-0.3, -0.25) is 4.90 Å². The monoisotopic (exact) mass is 302 g/mol. The molecule has 3 nitrogen and oxygen atoms in total. The fourth-order valence-electron chi connectivity index (χ4n) is 2.28. The summed E-state index contributed by atoms with van der Waals surface area (Å²) in [7, 11) is 0. The molecule has 19 heavy (non-hydrogen) atoms. The van der Waals surface area contributed by atoms with Gasteiger partial charge in [0.05, 0.1) is 12.7 Å². The molecule has 0 bridgehead atoms. The summed E-state index contributed by atoms with van der Waals surface area (Å²) >= 11 is 11.9. The largest absolute Gasteiger partial charge is 0.374 e. The summed E-state index contributed by atoms with van der Waals surface area (Å²) in [6, 6.07) is 5.61. The highest BCUT2D eigenvalue weighted by atomic mass is 35.5. The minimum Gasteiger partial charge on any atom is -0.374 e. The maximum absolute atomic E-state index is 5.97. The van der Waals surface area contributed by atoms with Crippen molar-refractivity contribution in [2.75, 3.05) is 32.8 Å². The number of benzene rings is 1. The van der Waals surface area contributed by atoms with E-state index >= 15 is 0 Å². The molecule has 0 aliphatic carbocycles. The van der Waals surface area contributed by atoms with Crippen LogP contribution in [-0.4, -0.2) is 43.8 Å². The fourth-order valence-corrected chi connectivity index (χ4v) is 2.85. The van der Waals surface area contributed by atoms with E-state index in [0.29, 0.717) is 10.0 Å². The zero-order chi connectivity index (χ0) is 13.7. The first kappa shape index (κ1) is 15.1. The van der Waals surface area contributed by atoms with Gasteiger partial charge < -0.3 is 10.1 Å². The molecule has 0 saturated carbocycles. The average molecular weight is 303 g/mol. The summed E-state index contributed by atoms with van der Waals surface area (Å²) in [5, 5.41) is 4.75. The average Bonchev–Trinajstić information content (AvgIpc) is 2.38. The van der Waals surface area contributed by atoms with Gasteiger partial charge in [-0.1, -0.05) is 30.1 Å². The Bertz CT molecular complexity index is 394. The Hall–Kier alpha value is -0.320. The lowest BCUT2D eigenvalue weighted by Crippen LogP contribution is -2.46. The molecule has 0 aromatic heterocycles. The molecule has 1 aliphatic heterocycles. The summed E-state index contributed by atoms with van der Waals surface area (Å²) in [4.78, 5) is 2.41. The number of hydrogen-bond donors (Lipinski definition) is 1. The molecular formula is C14H20Cl2N2O. The Kier molecular flexibility index (Phi) is 5.92. The Balaban J connectivity index is 1.76. The maximum atomic E-state index is 5.97. The third-order valence-electron chi connectivity index (χ3n) is 3.29. The highest BCUT2D eigenvalue weighted by Crippen LogP contribution is 2.18. The predicted octanol–water partition coefficient (Wildman–Crippen LogP) is 2.80. The second-order valence-electron chi connectivity index (χ2n) is 4.79. The van der Waals surface area contributed by atoms with Gasteiger partial charge in [-0.25, -0.2) is 0 Å². The van der Waals surface area contributed by atoms with Crippen LogP contribution in [0.25, 0.3) is 0 Å². The summed E-state index contributed by atoms with van der Waals surface area (Å²) in [5.74, 6) is 0. The van der Waals surface area contributed by atoms with Gasteiger partial charge in [0.1, 0.15) is 0 Å². The highest BCUT2D eigenvalue weighted by Gasteiger charge is 2.18. The van der Waals surface area contributed by atoms with Crippen LogP contribution in [0, 0.1) is 0 Å². The van der Waals surface area contributed by atoms with Crippen LogP contribution in [0.2, 0.25) is 10.0 Å². The van der Waals surface area contributed by atoms with Crippen LogP contribution < -0.4 is 5.32 Å². The van der Waals surface area contributed by atoms with Crippen LogP contribution in [0.4, 0.5) is 0 Å². The van der Waals surface area contributed by atoms with Crippen LogP contribution in [0.1, 0.15) is 12.5 Å². The molecule has 1 fully saturated rings. The molecule has 0 radical (unpaired) electrons. The normalized spacial score (nSPS) is 20.7. The third kappa shape index (κ3) is 4.93. The molecule has 1 saturated heterocycles. The number of morpholine rings is 1. The summed E-state index contributed by atoms with van der Waals surface area (Å²) in [6.45, 7) is 7.74. The van der Waals surface area contributed by atoms with Crippen molar-refractivity contribution < 1.29 is 4.74 Å². The zero-order valence-electron chi connectivity index (χ0n) is 11.2. The minimum atomic E-state index is 0.267. The lowest BCUT2D eigenvalue weighted by Gasteiger charge is -2.32. The van der Waals surface area contributed by atoms with E-state index in [1.807, 2.05) is 12.1 Å². The summed E-state index contributed by atoms with van der Waals surface area (Å²) in [5.41, 5.74) is 1.10. The van der Waals surface area contributed by atoms with Crippen LogP contribution in [0.15, 0.2) is 18.2 Å². The van der Waals surface area contributed by atoms with Crippen LogP contribution in [0.3, 0.4) is 0 Å². The van der Waals surface area contributed by atoms with Crippen molar-refractivity contribution in [3.63, 3.8) is 0 Å². The number of likely N-dealkylation sites (N-methyl/N-ethyl adjacent to an activating group) is 1. The number of hydrogen-bond acceptors (Lipinski definition) is 3. The van der Waals surface area contributed by atoms with Crippen molar-refractivity contribution in [2.24, 2.45) is 0 Å². The Labute approximate surface area is 124 Å². The van der Waals surface area contributed by atoms with Crippen molar-refractivity contribution in [3.05, 3.63) is 33.8 Å². The Morgan fingerprint density at radius 1 is 1.32 bits per heavy atom. The number of ether oxygens (including phenoxy) is 1. The molecule has 1 aromatic carbocycles. The quantitative estimate of drug-likeness (QED) is 0.905. The highest BCUT2D eigenvalue weighted by molar-refractivity contribution is 6.34. The van der Waals surface area contributed by atoms with E-state index in [2.05, 4.69) is 17.1 Å². The molecule has 5 heteroatoms. The predicted molar refractivity (Wildman–Crippen MR) is 80.0 cm³/mol. The maximum Gasteiger partial charge on any atom is 0.0826 e.